The van der Waals surface area contributed by atoms with Crippen molar-refractivity contribution in [2.24, 2.45) is 5.92 Å². The first-order valence-electron chi connectivity index (χ1n) is 7.97. The largest absolute Gasteiger partial charge is 0.385 e. The summed E-state index contributed by atoms with van der Waals surface area (Å²) in [5.41, 5.74) is 2.47. The molecular weight excluding hydrogens is 262 g/mol. The lowest BCUT2D eigenvalue weighted by molar-refractivity contribution is 0.353. The van der Waals surface area contributed by atoms with Crippen LogP contribution in [0.15, 0.2) is 28.8 Å². The first kappa shape index (κ1) is 12.9. The minimum atomic E-state index is 0.238. The lowest BCUT2D eigenvalue weighted by atomic mass is 9.91. The highest BCUT2D eigenvalue weighted by Crippen LogP contribution is 2.39. The number of para-hydroxylation sites is 1. The van der Waals surface area contributed by atoms with Crippen LogP contribution >= 0.6 is 0 Å². The van der Waals surface area contributed by atoms with Gasteiger partial charge >= 0.3 is 0 Å². The molecule has 4 nitrogen and oxygen atoms in total. The Hall–Kier alpha value is -1.84. The average molecular weight is 283 g/mol. The van der Waals surface area contributed by atoms with Gasteiger partial charge in [0, 0.05) is 18.2 Å². The highest BCUT2D eigenvalue weighted by Gasteiger charge is 2.30. The fourth-order valence-corrected chi connectivity index (χ4v) is 3.72. The van der Waals surface area contributed by atoms with Gasteiger partial charge in [0.25, 0.3) is 0 Å². The molecule has 1 aliphatic heterocycles. The summed E-state index contributed by atoms with van der Waals surface area (Å²) in [6.07, 6.45) is 4.69. The Kier molecular flexibility index (Phi) is 3.17. The van der Waals surface area contributed by atoms with Crippen molar-refractivity contribution >= 4 is 5.69 Å². The van der Waals surface area contributed by atoms with Gasteiger partial charge in [0.05, 0.1) is 5.92 Å². The molecule has 4 heteroatoms. The fourth-order valence-electron chi connectivity index (χ4n) is 3.72. The van der Waals surface area contributed by atoms with Crippen LogP contribution in [0.1, 0.15) is 61.7 Å². The number of fused-ring (bicyclic) bond motifs is 1. The van der Waals surface area contributed by atoms with Crippen molar-refractivity contribution in [1.82, 2.24) is 10.1 Å². The van der Waals surface area contributed by atoms with E-state index in [1.54, 1.807) is 0 Å². The second kappa shape index (κ2) is 5.17. The van der Waals surface area contributed by atoms with E-state index < -0.39 is 0 Å². The molecule has 0 radical (unpaired) electrons. The van der Waals surface area contributed by atoms with Gasteiger partial charge in [-0.25, -0.2) is 0 Å². The van der Waals surface area contributed by atoms with Gasteiger partial charge in [-0.2, -0.15) is 4.98 Å². The quantitative estimate of drug-likeness (QED) is 0.907. The van der Waals surface area contributed by atoms with E-state index >= 15 is 0 Å². The first-order chi connectivity index (χ1) is 10.3. The Balaban J connectivity index is 1.62. The predicted octanol–water partition coefficient (Wildman–Crippen LogP) is 3.92. The van der Waals surface area contributed by atoms with Gasteiger partial charge in [-0.3, -0.25) is 0 Å². The zero-order valence-corrected chi connectivity index (χ0v) is 12.4. The molecule has 3 unspecified atom stereocenters. The van der Waals surface area contributed by atoms with Gasteiger partial charge < -0.3 is 9.84 Å². The number of benzene rings is 1. The third-order valence-corrected chi connectivity index (χ3v) is 4.90. The third kappa shape index (κ3) is 2.33. The van der Waals surface area contributed by atoms with Gasteiger partial charge in [0.1, 0.15) is 0 Å². The minimum Gasteiger partial charge on any atom is -0.385 e. The monoisotopic (exact) mass is 283 g/mol. The lowest BCUT2D eigenvalue weighted by Crippen LogP contribution is -2.17. The van der Waals surface area contributed by atoms with E-state index in [-0.39, 0.29) is 5.92 Å². The highest BCUT2D eigenvalue weighted by atomic mass is 16.5. The first-order valence-corrected chi connectivity index (χ1v) is 7.97. The Morgan fingerprint density at radius 1 is 1.19 bits per heavy atom. The molecule has 0 amide bonds. The summed E-state index contributed by atoms with van der Waals surface area (Å²) in [5, 5.41) is 7.71. The van der Waals surface area contributed by atoms with Crippen molar-refractivity contribution in [3.63, 3.8) is 0 Å². The van der Waals surface area contributed by atoms with E-state index in [0.29, 0.717) is 5.92 Å². The van der Waals surface area contributed by atoms with Crippen molar-refractivity contribution in [2.45, 2.75) is 44.4 Å². The molecule has 2 aliphatic rings. The van der Waals surface area contributed by atoms with Gasteiger partial charge in [-0.1, -0.05) is 30.3 Å². The molecule has 1 aliphatic carbocycles. The van der Waals surface area contributed by atoms with Crippen molar-refractivity contribution in [2.75, 3.05) is 11.9 Å². The summed E-state index contributed by atoms with van der Waals surface area (Å²) in [5.74, 6) is 3.23. The van der Waals surface area contributed by atoms with Crippen LogP contribution < -0.4 is 5.32 Å². The van der Waals surface area contributed by atoms with E-state index in [0.717, 1.165) is 30.6 Å². The molecule has 1 N–H and O–H groups in total. The molecule has 2 heterocycles. The summed E-state index contributed by atoms with van der Waals surface area (Å²) in [6.45, 7) is 3.27. The Morgan fingerprint density at radius 2 is 2.10 bits per heavy atom. The summed E-state index contributed by atoms with van der Waals surface area (Å²) in [7, 11) is 0. The normalized spacial score (nSPS) is 28.1. The van der Waals surface area contributed by atoms with Gasteiger partial charge in [-0.05, 0) is 43.2 Å². The molecule has 2 aromatic rings. The summed E-state index contributed by atoms with van der Waals surface area (Å²) in [6, 6.07) is 8.42. The van der Waals surface area contributed by atoms with Crippen LogP contribution in [0.25, 0.3) is 0 Å². The standard InChI is InChI=1S/C17H21N3O/c1-11-6-7-12(10-11)16-19-17(21-20-16)14-8-9-18-15-5-3-2-4-13(14)15/h2-5,11-12,14,18H,6-10H2,1H3. The maximum absolute atomic E-state index is 5.62. The molecule has 3 atom stereocenters. The highest BCUT2D eigenvalue weighted by molar-refractivity contribution is 5.56. The number of aromatic nitrogens is 2. The summed E-state index contributed by atoms with van der Waals surface area (Å²) >= 11 is 0. The van der Waals surface area contributed by atoms with E-state index in [1.165, 1.54) is 30.5 Å². The second-order valence-corrected chi connectivity index (χ2v) is 6.46. The van der Waals surface area contributed by atoms with E-state index in [1.807, 2.05) is 0 Å². The molecule has 0 bridgehead atoms. The Labute approximate surface area is 124 Å². The molecule has 21 heavy (non-hydrogen) atoms. The van der Waals surface area contributed by atoms with Crippen LogP contribution in [0.4, 0.5) is 5.69 Å². The smallest absolute Gasteiger partial charge is 0.234 e. The Bertz CT molecular complexity index is 636. The maximum Gasteiger partial charge on any atom is 0.234 e. The lowest BCUT2D eigenvalue weighted by Gasteiger charge is -2.23. The number of hydrogen-bond acceptors (Lipinski definition) is 4. The average Bonchev–Trinajstić information content (AvgIpc) is 3.15. The zero-order valence-electron chi connectivity index (χ0n) is 12.4. The summed E-state index contributed by atoms with van der Waals surface area (Å²) < 4.78 is 5.62. The topological polar surface area (TPSA) is 51.0 Å². The van der Waals surface area contributed by atoms with Crippen LogP contribution in [0.3, 0.4) is 0 Å². The van der Waals surface area contributed by atoms with E-state index in [2.05, 4.69) is 41.7 Å². The molecule has 1 aromatic carbocycles. The van der Waals surface area contributed by atoms with Crippen molar-refractivity contribution in [1.29, 1.82) is 0 Å². The van der Waals surface area contributed by atoms with E-state index in [9.17, 15) is 0 Å². The van der Waals surface area contributed by atoms with Gasteiger partial charge in [0.15, 0.2) is 5.82 Å². The number of nitrogens with zero attached hydrogens (tertiary/aromatic N) is 2. The van der Waals surface area contributed by atoms with Crippen LogP contribution in [0.2, 0.25) is 0 Å². The third-order valence-electron chi connectivity index (χ3n) is 4.90. The van der Waals surface area contributed by atoms with Crippen LogP contribution in [-0.4, -0.2) is 16.7 Å². The SMILES string of the molecule is CC1CCC(c2noc(C3CCNc4ccccc43)n2)C1. The second-order valence-electron chi connectivity index (χ2n) is 6.46. The minimum absolute atomic E-state index is 0.238. The van der Waals surface area contributed by atoms with Crippen LogP contribution in [0, 0.1) is 5.92 Å². The number of nitrogens with one attached hydrogen (secondary N) is 1. The Morgan fingerprint density at radius 3 is 2.95 bits per heavy atom. The molecule has 0 spiro atoms. The maximum atomic E-state index is 5.62. The molecule has 0 saturated heterocycles. The number of rotatable bonds is 2. The van der Waals surface area contributed by atoms with Crippen molar-refractivity contribution in [3.8, 4) is 0 Å². The van der Waals surface area contributed by atoms with Crippen molar-refractivity contribution < 1.29 is 4.52 Å². The van der Waals surface area contributed by atoms with E-state index in [4.69, 9.17) is 9.51 Å². The molecular formula is C17H21N3O. The van der Waals surface area contributed by atoms with Crippen LogP contribution in [-0.2, 0) is 0 Å². The summed E-state index contributed by atoms with van der Waals surface area (Å²) in [4.78, 5) is 4.74. The van der Waals surface area contributed by atoms with Gasteiger partial charge in [-0.15, -0.1) is 0 Å². The molecule has 4 rings (SSSR count). The predicted molar refractivity (Wildman–Crippen MR) is 81.4 cm³/mol. The van der Waals surface area contributed by atoms with Crippen molar-refractivity contribution in [3.05, 3.63) is 41.5 Å². The number of hydrogen-bond donors (Lipinski definition) is 1. The van der Waals surface area contributed by atoms with Crippen LogP contribution in [0.5, 0.6) is 0 Å². The zero-order chi connectivity index (χ0) is 14.2. The fraction of sp³-hybridized carbons (Fsp3) is 0.529. The molecule has 110 valence electrons. The molecule has 1 saturated carbocycles. The molecule has 1 fully saturated rings. The van der Waals surface area contributed by atoms with Gasteiger partial charge in [0.2, 0.25) is 5.89 Å². The number of anilines is 1. The molecule has 1 aromatic heterocycles.